The number of urea groups is 1. The van der Waals surface area contributed by atoms with E-state index in [2.05, 4.69) is 27.2 Å². The van der Waals surface area contributed by atoms with Gasteiger partial charge in [-0.25, -0.2) is 13.2 Å². The number of nitrogens with zero attached hydrogens (tertiary/aromatic N) is 3. The van der Waals surface area contributed by atoms with Crippen LogP contribution in [0.4, 0.5) is 16.2 Å². The minimum absolute atomic E-state index is 0.0539. The van der Waals surface area contributed by atoms with E-state index in [-0.39, 0.29) is 10.9 Å². The molecule has 0 radical (unpaired) electrons. The lowest BCUT2D eigenvalue weighted by Crippen LogP contribution is -2.32. The molecule has 1 atom stereocenters. The highest BCUT2D eigenvalue weighted by molar-refractivity contribution is 7.92. The van der Waals surface area contributed by atoms with Gasteiger partial charge in [0.05, 0.1) is 11.0 Å². The summed E-state index contributed by atoms with van der Waals surface area (Å²) >= 11 is 0. The molecule has 0 bridgehead atoms. The number of sulfonamides is 1. The maximum Gasteiger partial charge on any atom is 0.324 e. The van der Waals surface area contributed by atoms with E-state index in [4.69, 9.17) is 0 Å². The highest BCUT2D eigenvalue weighted by Gasteiger charge is 2.29. The first-order valence-corrected chi connectivity index (χ1v) is 16.0. The first-order valence-electron chi connectivity index (χ1n) is 14.5. The molecule has 3 aromatic carbocycles. The van der Waals surface area contributed by atoms with Crippen molar-refractivity contribution in [3.63, 3.8) is 0 Å². The molecule has 5 rings (SSSR count). The third-order valence-corrected chi connectivity index (χ3v) is 8.89. The first kappa shape index (κ1) is 30.2. The van der Waals surface area contributed by atoms with Gasteiger partial charge in [0.15, 0.2) is 0 Å². The molecular weight excluding hydrogens is 562 g/mol. The van der Waals surface area contributed by atoms with E-state index in [0.717, 1.165) is 30.4 Å². The van der Waals surface area contributed by atoms with E-state index < -0.39 is 16.1 Å². The second-order valence-electron chi connectivity index (χ2n) is 10.6. The summed E-state index contributed by atoms with van der Waals surface area (Å²) in [5.74, 6) is 0. The molecule has 4 aromatic rings. The normalized spacial score (nSPS) is 14.2. The molecule has 2 heterocycles. The lowest BCUT2D eigenvalue weighted by molar-refractivity contribution is 0.174. The van der Waals surface area contributed by atoms with Crippen molar-refractivity contribution >= 4 is 27.4 Å². The highest BCUT2D eigenvalue weighted by atomic mass is 32.2. The lowest BCUT2D eigenvalue weighted by Gasteiger charge is -2.19. The Morgan fingerprint density at radius 2 is 1.60 bits per heavy atom. The number of aliphatic hydroxyl groups excluding tert-OH is 1. The quantitative estimate of drug-likeness (QED) is 0.182. The summed E-state index contributed by atoms with van der Waals surface area (Å²) in [6.07, 6.45) is 5.24. The number of rotatable bonds is 14. The Balaban J connectivity index is 1.08. The van der Waals surface area contributed by atoms with Crippen molar-refractivity contribution in [1.82, 2.24) is 15.2 Å². The summed E-state index contributed by atoms with van der Waals surface area (Å²) in [5.41, 5.74) is 4.21. The Hall–Kier alpha value is -4.25. The molecule has 1 aromatic heterocycles. The maximum atomic E-state index is 13.0. The van der Waals surface area contributed by atoms with Crippen LogP contribution in [0.15, 0.2) is 108 Å². The summed E-state index contributed by atoms with van der Waals surface area (Å²) in [6.45, 7) is 2.99. The highest BCUT2D eigenvalue weighted by Crippen LogP contribution is 2.24. The van der Waals surface area contributed by atoms with Crippen molar-refractivity contribution < 1.29 is 18.3 Å². The van der Waals surface area contributed by atoms with Crippen molar-refractivity contribution in [2.45, 2.75) is 30.3 Å². The number of anilines is 2. The summed E-state index contributed by atoms with van der Waals surface area (Å²) < 4.78 is 28.7. The van der Waals surface area contributed by atoms with E-state index in [0.29, 0.717) is 44.1 Å². The van der Waals surface area contributed by atoms with Crippen LogP contribution in [-0.4, -0.2) is 62.2 Å². The van der Waals surface area contributed by atoms with Crippen LogP contribution in [-0.2, 0) is 22.9 Å². The van der Waals surface area contributed by atoms with Crippen molar-refractivity contribution in [2.75, 3.05) is 42.3 Å². The van der Waals surface area contributed by atoms with E-state index in [1.807, 2.05) is 41.3 Å². The van der Waals surface area contributed by atoms with Gasteiger partial charge < -0.3 is 15.3 Å². The zero-order valence-electron chi connectivity index (χ0n) is 24.0. The summed E-state index contributed by atoms with van der Waals surface area (Å²) in [6, 6.07) is 27.5. The molecule has 1 aliphatic rings. The Morgan fingerprint density at radius 1 is 0.860 bits per heavy atom. The second kappa shape index (κ2) is 14.3. The molecule has 224 valence electrons. The molecule has 9 nitrogen and oxygen atoms in total. The lowest BCUT2D eigenvalue weighted by atomic mass is 10.1. The Kier molecular flexibility index (Phi) is 10.0. The standard InChI is InChI=1S/C33H37N5O4S/c39-32(28-9-4-19-34-24-28)25-35-20-18-27-10-12-29(13-11-27)36-43(41,42)31-16-14-30(15-17-31)38-23-22-37(33(38)40)21-5-8-26-6-2-1-3-7-26/h1-4,6-7,9-17,19,24,32,35-36,39H,5,8,18,20-23,25H2/t32-/m0/s1. The third-order valence-electron chi connectivity index (χ3n) is 7.49. The Bertz CT molecular complexity index is 1570. The molecule has 2 amide bonds. The summed E-state index contributed by atoms with van der Waals surface area (Å²) in [5, 5.41) is 13.5. The molecule has 0 unspecified atom stereocenters. The van der Waals surface area contributed by atoms with Gasteiger partial charge in [-0.05, 0) is 79.4 Å². The van der Waals surface area contributed by atoms with Crippen molar-refractivity contribution in [3.8, 4) is 0 Å². The number of nitrogens with one attached hydrogen (secondary N) is 2. The molecule has 3 N–H and O–H groups in total. The largest absolute Gasteiger partial charge is 0.387 e. The number of carbonyl (C=O) groups is 1. The Morgan fingerprint density at radius 3 is 2.33 bits per heavy atom. The van der Waals surface area contributed by atoms with Crippen LogP contribution in [0.1, 0.15) is 29.2 Å². The average molecular weight is 600 g/mol. The fourth-order valence-corrected chi connectivity index (χ4v) is 6.13. The van der Waals surface area contributed by atoms with Gasteiger partial charge >= 0.3 is 6.03 Å². The fourth-order valence-electron chi connectivity index (χ4n) is 5.07. The van der Waals surface area contributed by atoms with Gasteiger partial charge in [-0.15, -0.1) is 0 Å². The van der Waals surface area contributed by atoms with Gasteiger partial charge in [0, 0.05) is 55.5 Å². The molecule has 43 heavy (non-hydrogen) atoms. The Labute approximate surface area is 253 Å². The van der Waals surface area contributed by atoms with E-state index in [1.165, 1.54) is 17.7 Å². The van der Waals surface area contributed by atoms with Crippen LogP contribution >= 0.6 is 0 Å². The van der Waals surface area contributed by atoms with E-state index in [1.54, 1.807) is 47.6 Å². The predicted octanol–water partition coefficient (Wildman–Crippen LogP) is 4.62. The molecular formula is C33H37N5O4S. The first-order chi connectivity index (χ1) is 20.9. The topological polar surface area (TPSA) is 115 Å². The zero-order chi connectivity index (χ0) is 30.1. The number of amides is 2. The predicted molar refractivity (Wildman–Crippen MR) is 169 cm³/mol. The fraction of sp³-hybridized carbons (Fsp3) is 0.273. The molecule has 1 fully saturated rings. The third kappa shape index (κ3) is 8.19. The smallest absolute Gasteiger partial charge is 0.324 e. The van der Waals surface area contributed by atoms with Crippen molar-refractivity contribution in [3.05, 3.63) is 120 Å². The van der Waals surface area contributed by atoms with Gasteiger partial charge in [0.25, 0.3) is 10.0 Å². The molecule has 10 heteroatoms. The number of pyridine rings is 1. The van der Waals surface area contributed by atoms with Gasteiger partial charge in [0.2, 0.25) is 0 Å². The minimum Gasteiger partial charge on any atom is -0.387 e. The minimum atomic E-state index is -3.80. The number of benzene rings is 3. The van der Waals surface area contributed by atoms with Crippen LogP contribution in [0.2, 0.25) is 0 Å². The van der Waals surface area contributed by atoms with Crippen molar-refractivity contribution in [2.24, 2.45) is 0 Å². The van der Waals surface area contributed by atoms with Crippen LogP contribution in [0.5, 0.6) is 0 Å². The van der Waals surface area contributed by atoms with Gasteiger partial charge in [-0.1, -0.05) is 48.5 Å². The van der Waals surface area contributed by atoms with E-state index in [9.17, 15) is 18.3 Å². The number of hydrogen-bond donors (Lipinski definition) is 3. The monoisotopic (exact) mass is 599 g/mol. The van der Waals surface area contributed by atoms with Crippen LogP contribution < -0.4 is 14.9 Å². The maximum absolute atomic E-state index is 13.0. The van der Waals surface area contributed by atoms with Crippen LogP contribution in [0, 0.1) is 0 Å². The molecule has 0 saturated carbocycles. The van der Waals surface area contributed by atoms with E-state index >= 15 is 0 Å². The summed E-state index contributed by atoms with van der Waals surface area (Å²) in [4.78, 5) is 20.7. The molecule has 1 saturated heterocycles. The molecule has 0 spiro atoms. The van der Waals surface area contributed by atoms with Crippen LogP contribution in [0.25, 0.3) is 0 Å². The van der Waals surface area contributed by atoms with Gasteiger partial charge in [-0.3, -0.25) is 14.6 Å². The van der Waals surface area contributed by atoms with Gasteiger partial charge in [-0.2, -0.15) is 0 Å². The number of hydrogen-bond acceptors (Lipinski definition) is 6. The van der Waals surface area contributed by atoms with Crippen molar-refractivity contribution in [1.29, 1.82) is 0 Å². The van der Waals surface area contributed by atoms with Gasteiger partial charge in [0.1, 0.15) is 0 Å². The molecule has 0 aliphatic carbocycles. The summed E-state index contributed by atoms with van der Waals surface area (Å²) in [7, 11) is -3.80. The van der Waals surface area contributed by atoms with Crippen LogP contribution in [0.3, 0.4) is 0 Å². The number of aromatic nitrogens is 1. The molecule has 1 aliphatic heterocycles. The zero-order valence-corrected chi connectivity index (χ0v) is 24.8. The number of aliphatic hydroxyl groups is 1. The SMILES string of the molecule is O=C1N(CCCc2ccccc2)CCN1c1ccc(S(=O)(=O)Nc2ccc(CCNC[C@H](O)c3cccnc3)cc2)cc1. The average Bonchev–Trinajstić information content (AvgIpc) is 3.40. The number of carbonyl (C=O) groups excluding carboxylic acids is 1. The second-order valence-corrected chi connectivity index (χ2v) is 12.2. The number of aryl methyl sites for hydroxylation is 1.